The van der Waals surface area contributed by atoms with E-state index in [1.807, 2.05) is 0 Å². The molecule has 1 unspecified atom stereocenters. The first-order chi connectivity index (χ1) is 5.24. The molecule has 2 saturated carbocycles. The van der Waals surface area contributed by atoms with Crippen LogP contribution in [0.1, 0.15) is 12.8 Å². The minimum absolute atomic E-state index is 0.0951. The Kier molecular flexibility index (Phi) is 2.17. The molecule has 0 aliphatic heterocycles. The number of aliphatic hydroxyl groups excluding tert-OH is 1. The molecule has 11 heavy (non-hydrogen) atoms. The van der Waals surface area contributed by atoms with Crippen LogP contribution in [0.25, 0.3) is 0 Å². The van der Waals surface area contributed by atoms with Crippen molar-refractivity contribution in [1.29, 1.82) is 0 Å². The number of hydrogen-bond acceptors (Lipinski definition) is 3. The molecule has 0 amide bonds. The highest BCUT2D eigenvalue weighted by Crippen LogP contribution is 2.50. The molecule has 2 aliphatic carbocycles. The van der Waals surface area contributed by atoms with E-state index in [-0.39, 0.29) is 6.10 Å². The lowest BCUT2D eigenvalue weighted by molar-refractivity contribution is 0.0528. The SMILES string of the molecule is N[C@H]1C[C@H]2[C@H](O)[C@@H](SP)C[C@H]21. The largest absolute Gasteiger partial charge is 0.392 e. The third-order valence-corrected chi connectivity index (χ3v) is 5.01. The Morgan fingerprint density at radius 3 is 2.55 bits per heavy atom. The molecule has 6 atom stereocenters. The summed E-state index contributed by atoms with van der Waals surface area (Å²) in [6.07, 6.45) is 2.05. The predicted molar refractivity (Wildman–Crippen MR) is 51.3 cm³/mol. The number of nitrogens with two attached hydrogens (primary N) is 1. The van der Waals surface area contributed by atoms with Crippen LogP contribution in [-0.4, -0.2) is 22.5 Å². The van der Waals surface area contributed by atoms with Crippen LogP contribution in [0.3, 0.4) is 0 Å². The Morgan fingerprint density at radius 1 is 1.36 bits per heavy atom. The molecule has 2 rings (SSSR count). The molecule has 0 spiro atoms. The summed E-state index contributed by atoms with van der Waals surface area (Å²) in [5.74, 6) is 1.13. The molecule has 2 fully saturated rings. The second-order valence-electron chi connectivity index (χ2n) is 3.63. The van der Waals surface area contributed by atoms with Crippen molar-refractivity contribution in [1.82, 2.24) is 0 Å². The summed E-state index contributed by atoms with van der Waals surface area (Å²) in [5, 5.41) is 10.1. The second-order valence-corrected chi connectivity index (χ2v) is 5.32. The third kappa shape index (κ3) is 1.14. The summed E-state index contributed by atoms with van der Waals surface area (Å²) >= 11 is 1.70. The molecule has 0 heterocycles. The average molecular weight is 191 g/mol. The van der Waals surface area contributed by atoms with Crippen molar-refractivity contribution in [2.75, 3.05) is 0 Å². The van der Waals surface area contributed by atoms with Crippen LogP contribution in [0.5, 0.6) is 0 Å². The first-order valence-corrected chi connectivity index (χ1v) is 6.39. The van der Waals surface area contributed by atoms with Gasteiger partial charge in [0.15, 0.2) is 0 Å². The molecule has 3 N–H and O–H groups in total. The molecule has 64 valence electrons. The van der Waals surface area contributed by atoms with Gasteiger partial charge in [-0.05, 0) is 24.7 Å². The maximum absolute atomic E-state index is 9.71. The van der Waals surface area contributed by atoms with Crippen molar-refractivity contribution in [2.45, 2.75) is 30.2 Å². The number of aliphatic hydroxyl groups is 1. The van der Waals surface area contributed by atoms with Crippen LogP contribution in [0.15, 0.2) is 0 Å². The van der Waals surface area contributed by atoms with E-state index in [1.54, 1.807) is 11.4 Å². The van der Waals surface area contributed by atoms with Crippen LogP contribution in [0.4, 0.5) is 0 Å². The standard InChI is InChI=1S/C7H14NOPS/c8-5-1-4-3(5)2-6(11-10)7(4)9/h3-7,9H,1-2,8,10H2/t3-,4-,5+,6+,7+/m1/s1. The molecular formula is C7H14NOPS. The summed E-state index contributed by atoms with van der Waals surface area (Å²) < 4.78 is 0. The van der Waals surface area contributed by atoms with Gasteiger partial charge in [-0.15, -0.1) is 11.4 Å². The number of fused-ring (bicyclic) bond motifs is 1. The number of hydrogen-bond donors (Lipinski definition) is 2. The lowest BCUT2D eigenvalue weighted by Crippen LogP contribution is -2.47. The summed E-state index contributed by atoms with van der Waals surface area (Å²) in [5.41, 5.74) is 5.82. The highest BCUT2D eigenvalue weighted by atomic mass is 32.7. The Hall–Kier alpha value is 0.700. The van der Waals surface area contributed by atoms with Crippen molar-refractivity contribution in [3.8, 4) is 0 Å². The van der Waals surface area contributed by atoms with Gasteiger partial charge in [-0.2, -0.15) is 0 Å². The van der Waals surface area contributed by atoms with Crippen molar-refractivity contribution in [3.63, 3.8) is 0 Å². The third-order valence-electron chi connectivity index (χ3n) is 3.14. The van der Waals surface area contributed by atoms with Gasteiger partial charge in [-0.1, -0.05) is 8.44 Å². The fraction of sp³-hybridized carbons (Fsp3) is 1.00. The summed E-state index contributed by atoms with van der Waals surface area (Å²) in [6, 6.07) is 0.372. The zero-order valence-electron chi connectivity index (χ0n) is 6.31. The van der Waals surface area contributed by atoms with E-state index in [1.165, 1.54) is 0 Å². The van der Waals surface area contributed by atoms with Gasteiger partial charge in [-0.3, -0.25) is 0 Å². The summed E-state index contributed by atoms with van der Waals surface area (Å²) in [4.78, 5) is 0. The molecule has 0 bridgehead atoms. The van der Waals surface area contributed by atoms with Crippen molar-refractivity contribution >= 4 is 19.8 Å². The van der Waals surface area contributed by atoms with Gasteiger partial charge in [0.25, 0.3) is 0 Å². The highest BCUT2D eigenvalue weighted by molar-refractivity contribution is 8.44. The highest BCUT2D eigenvalue weighted by Gasteiger charge is 2.51. The quantitative estimate of drug-likeness (QED) is 0.597. The topological polar surface area (TPSA) is 46.2 Å². The molecule has 0 aromatic heterocycles. The summed E-state index contributed by atoms with van der Waals surface area (Å²) in [6.45, 7) is 0. The Morgan fingerprint density at radius 2 is 2.09 bits per heavy atom. The minimum Gasteiger partial charge on any atom is -0.392 e. The normalized spacial score (nSPS) is 55.4. The van der Waals surface area contributed by atoms with Gasteiger partial charge >= 0.3 is 0 Å². The molecule has 2 nitrogen and oxygen atoms in total. The molecular weight excluding hydrogens is 177 g/mol. The average Bonchev–Trinajstić information content (AvgIpc) is 2.24. The first kappa shape index (κ1) is 8.31. The van der Waals surface area contributed by atoms with Crippen LogP contribution in [0, 0.1) is 11.8 Å². The van der Waals surface area contributed by atoms with Crippen LogP contribution < -0.4 is 5.73 Å². The maximum atomic E-state index is 9.71. The van der Waals surface area contributed by atoms with E-state index in [4.69, 9.17) is 5.73 Å². The Bertz CT molecular complexity index is 161. The van der Waals surface area contributed by atoms with Crippen LogP contribution >= 0.6 is 19.8 Å². The summed E-state index contributed by atoms with van der Waals surface area (Å²) in [7, 11) is 2.63. The maximum Gasteiger partial charge on any atom is 0.0693 e. The Balaban J connectivity index is 2.02. The van der Waals surface area contributed by atoms with Gasteiger partial charge in [0.2, 0.25) is 0 Å². The van der Waals surface area contributed by atoms with E-state index in [9.17, 15) is 5.11 Å². The van der Waals surface area contributed by atoms with Crippen LogP contribution in [0.2, 0.25) is 0 Å². The van der Waals surface area contributed by atoms with Crippen molar-refractivity contribution in [3.05, 3.63) is 0 Å². The van der Waals surface area contributed by atoms with Gasteiger partial charge < -0.3 is 10.8 Å². The molecule has 0 aromatic rings. The van der Waals surface area contributed by atoms with Gasteiger partial charge in [-0.25, -0.2) is 0 Å². The fourth-order valence-electron chi connectivity index (χ4n) is 2.35. The van der Waals surface area contributed by atoms with E-state index >= 15 is 0 Å². The second kappa shape index (κ2) is 2.88. The molecule has 0 aromatic carbocycles. The molecule has 2 aliphatic rings. The first-order valence-electron chi connectivity index (χ1n) is 4.03. The zero-order chi connectivity index (χ0) is 8.01. The molecule has 4 heteroatoms. The Labute approximate surface area is 73.3 Å². The number of rotatable bonds is 1. The fourth-order valence-corrected chi connectivity index (χ4v) is 3.86. The predicted octanol–water partition coefficient (Wildman–Crippen LogP) is 0.606. The molecule has 0 radical (unpaired) electrons. The van der Waals surface area contributed by atoms with E-state index in [0.29, 0.717) is 23.1 Å². The molecule has 0 saturated heterocycles. The van der Waals surface area contributed by atoms with E-state index in [0.717, 1.165) is 12.8 Å². The van der Waals surface area contributed by atoms with E-state index < -0.39 is 0 Å². The van der Waals surface area contributed by atoms with Crippen LogP contribution in [-0.2, 0) is 0 Å². The lowest BCUT2D eigenvalue weighted by atomic mass is 9.71. The van der Waals surface area contributed by atoms with Gasteiger partial charge in [0, 0.05) is 11.3 Å². The lowest BCUT2D eigenvalue weighted by Gasteiger charge is -2.38. The van der Waals surface area contributed by atoms with Gasteiger partial charge in [0.1, 0.15) is 0 Å². The minimum atomic E-state index is -0.0951. The monoisotopic (exact) mass is 191 g/mol. The van der Waals surface area contributed by atoms with E-state index in [2.05, 4.69) is 8.44 Å². The van der Waals surface area contributed by atoms with Crippen molar-refractivity contribution in [2.24, 2.45) is 17.6 Å². The smallest absolute Gasteiger partial charge is 0.0693 e. The zero-order valence-corrected chi connectivity index (χ0v) is 8.28. The van der Waals surface area contributed by atoms with Crippen molar-refractivity contribution < 1.29 is 5.11 Å². The van der Waals surface area contributed by atoms with Gasteiger partial charge in [0.05, 0.1) is 6.10 Å².